The zero-order valence-electron chi connectivity index (χ0n) is 15.1. The van der Waals surface area contributed by atoms with Gasteiger partial charge >= 0.3 is 0 Å². The molecule has 4 heterocycles. The summed E-state index contributed by atoms with van der Waals surface area (Å²) in [5, 5.41) is 5.99. The molecule has 10 heteroatoms. The van der Waals surface area contributed by atoms with Crippen molar-refractivity contribution in [1.29, 1.82) is 0 Å². The molecule has 0 saturated carbocycles. The molecule has 1 fully saturated rings. The molecule has 0 amide bonds. The number of nitrogens with zero attached hydrogens (tertiary/aromatic N) is 4. The second-order valence-corrected chi connectivity index (χ2v) is 9.56. The highest BCUT2D eigenvalue weighted by atomic mass is 32.2. The minimum absolute atomic E-state index is 0.0389. The van der Waals surface area contributed by atoms with E-state index in [1.165, 1.54) is 4.31 Å². The number of thiophene rings is 1. The van der Waals surface area contributed by atoms with Gasteiger partial charge in [-0.15, -0.1) is 11.3 Å². The van der Waals surface area contributed by atoms with Crippen LogP contribution in [0.3, 0.4) is 0 Å². The summed E-state index contributed by atoms with van der Waals surface area (Å²) in [7, 11) is -3.41. The van der Waals surface area contributed by atoms with E-state index in [2.05, 4.69) is 15.1 Å². The van der Waals surface area contributed by atoms with Gasteiger partial charge in [0.1, 0.15) is 0 Å². The Hall–Kier alpha value is -2.14. The van der Waals surface area contributed by atoms with Crippen molar-refractivity contribution in [2.45, 2.75) is 18.9 Å². The Kier molecular flexibility index (Phi) is 5.81. The molecule has 1 aliphatic heterocycles. The summed E-state index contributed by atoms with van der Waals surface area (Å²) < 4.78 is 38.0. The largest absolute Gasteiger partial charge is 0.366 e. The molecule has 0 N–H and O–H groups in total. The highest BCUT2D eigenvalue weighted by molar-refractivity contribution is 7.89. The van der Waals surface area contributed by atoms with Crippen LogP contribution in [0.1, 0.15) is 28.3 Å². The third-order valence-corrected chi connectivity index (χ3v) is 7.21. The lowest BCUT2D eigenvalue weighted by Crippen LogP contribution is -2.43. The number of morpholine rings is 1. The fourth-order valence-electron chi connectivity index (χ4n) is 2.99. The van der Waals surface area contributed by atoms with Gasteiger partial charge in [0.25, 0.3) is 5.89 Å². The Balaban J connectivity index is 1.39. The van der Waals surface area contributed by atoms with Crippen LogP contribution in [-0.2, 0) is 27.6 Å². The molecule has 0 radical (unpaired) electrons. The van der Waals surface area contributed by atoms with Gasteiger partial charge in [0.05, 0.1) is 12.4 Å². The van der Waals surface area contributed by atoms with E-state index >= 15 is 0 Å². The fourth-order valence-corrected chi connectivity index (χ4v) is 5.16. The van der Waals surface area contributed by atoms with Gasteiger partial charge < -0.3 is 9.26 Å². The molecule has 3 aromatic heterocycles. The predicted octanol–water partition coefficient (Wildman–Crippen LogP) is 2.06. The van der Waals surface area contributed by atoms with Crippen LogP contribution < -0.4 is 0 Å². The third kappa shape index (κ3) is 4.64. The number of ether oxygens (including phenoxy) is 1. The van der Waals surface area contributed by atoms with E-state index in [0.717, 1.165) is 10.4 Å². The van der Waals surface area contributed by atoms with E-state index in [4.69, 9.17) is 9.26 Å². The average molecular weight is 421 g/mol. The maximum Gasteiger partial charge on any atom is 0.257 e. The Bertz CT molecular complexity index is 990. The first-order valence-electron chi connectivity index (χ1n) is 8.93. The number of aryl methyl sites for hydroxylation is 1. The topological polar surface area (TPSA) is 98.4 Å². The quantitative estimate of drug-likeness (QED) is 0.577. The van der Waals surface area contributed by atoms with Crippen molar-refractivity contribution in [2.75, 3.05) is 25.4 Å². The second-order valence-electron chi connectivity index (χ2n) is 6.44. The van der Waals surface area contributed by atoms with Gasteiger partial charge in [0, 0.05) is 36.8 Å². The first-order valence-corrected chi connectivity index (χ1v) is 11.4. The molecule has 3 aromatic rings. The first-order chi connectivity index (χ1) is 13.6. The van der Waals surface area contributed by atoms with Crippen molar-refractivity contribution < 1.29 is 17.7 Å². The molecule has 0 unspecified atom stereocenters. The van der Waals surface area contributed by atoms with Gasteiger partial charge in [-0.05, 0) is 35.6 Å². The van der Waals surface area contributed by atoms with E-state index in [1.807, 2.05) is 29.6 Å². The van der Waals surface area contributed by atoms with Crippen molar-refractivity contribution in [3.8, 4) is 0 Å². The zero-order valence-corrected chi connectivity index (χ0v) is 16.7. The molecule has 148 valence electrons. The van der Waals surface area contributed by atoms with Crippen molar-refractivity contribution in [3.63, 3.8) is 0 Å². The smallest absolute Gasteiger partial charge is 0.257 e. The van der Waals surface area contributed by atoms with Crippen LogP contribution in [0.25, 0.3) is 0 Å². The summed E-state index contributed by atoms with van der Waals surface area (Å²) in [6, 6.07) is 7.63. The molecular weight excluding hydrogens is 400 g/mol. The van der Waals surface area contributed by atoms with Crippen LogP contribution in [0.15, 0.2) is 46.6 Å². The van der Waals surface area contributed by atoms with Crippen LogP contribution in [-0.4, -0.2) is 53.3 Å². The summed E-state index contributed by atoms with van der Waals surface area (Å²) in [5.41, 5.74) is 0.943. The lowest BCUT2D eigenvalue weighted by molar-refractivity contribution is -0.0199. The lowest BCUT2D eigenvalue weighted by atomic mass is 10.2. The van der Waals surface area contributed by atoms with Gasteiger partial charge in [0.2, 0.25) is 10.0 Å². The van der Waals surface area contributed by atoms with Crippen LogP contribution in [0.2, 0.25) is 0 Å². The Morgan fingerprint density at radius 3 is 2.89 bits per heavy atom. The molecule has 8 nitrogen and oxygen atoms in total. The Morgan fingerprint density at radius 2 is 2.11 bits per heavy atom. The van der Waals surface area contributed by atoms with E-state index in [1.54, 1.807) is 23.7 Å². The highest BCUT2D eigenvalue weighted by Crippen LogP contribution is 2.24. The van der Waals surface area contributed by atoms with E-state index in [9.17, 15) is 8.42 Å². The number of aromatic nitrogens is 3. The minimum Gasteiger partial charge on any atom is -0.366 e. The monoisotopic (exact) mass is 420 g/mol. The molecule has 0 bridgehead atoms. The molecule has 1 atom stereocenters. The number of rotatable bonds is 7. The summed E-state index contributed by atoms with van der Waals surface area (Å²) in [5.74, 6) is 0.927. The van der Waals surface area contributed by atoms with Crippen LogP contribution in [0, 0.1) is 0 Å². The van der Waals surface area contributed by atoms with E-state index in [0.29, 0.717) is 37.7 Å². The van der Waals surface area contributed by atoms with Gasteiger partial charge in [-0.1, -0.05) is 11.2 Å². The van der Waals surface area contributed by atoms with Crippen LogP contribution >= 0.6 is 11.3 Å². The Morgan fingerprint density at radius 1 is 1.25 bits per heavy atom. The standard InChI is InChI=1S/C18H20N4O4S2/c23-28(24,11-5-14-3-6-19-7-4-14)22-8-9-25-16(13-22)18-20-17(21-26-18)12-15-2-1-10-27-15/h1-4,6-7,10,16H,5,8-9,11-13H2/t16-/m0/s1. The molecule has 1 aliphatic rings. The SMILES string of the molecule is O=S(=O)(CCc1ccncc1)N1CCO[C@H](c2nc(Cc3cccs3)no2)C1. The van der Waals surface area contributed by atoms with Gasteiger partial charge in [0.15, 0.2) is 11.9 Å². The summed E-state index contributed by atoms with van der Waals surface area (Å²) in [4.78, 5) is 9.48. The number of sulfonamides is 1. The van der Waals surface area contributed by atoms with Gasteiger partial charge in [-0.3, -0.25) is 4.98 Å². The fraction of sp³-hybridized carbons (Fsp3) is 0.389. The number of hydrogen-bond donors (Lipinski definition) is 0. The summed E-state index contributed by atoms with van der Waals surface area (Å²) >= 11 is 1.63. The molecule has 28 heavy (non-hydrogen) atoms. The minimum atomic E-state index is -3.41. The third-order valence-electron chi connectivity index (χ3n) is 4.49. The van der Waals surface area contributed by atoms with Gasteiger partial charge in [-0.2, -0.15) is 9.29 Å². The molecule has 0 spiro atoms. The number of pyridine rings is 1. The maximum absolute atomic E-state index is 12.7. The molecular formula is C18H20N4O4S2. The maximum atomic E-state index is 12.7. The zero-order chi connectivity index (χ0) is 19.4. The second kappa shape index (κ2) is 8.48. The van der Waals surface area contributed by atoms with Crippen molar-refractivity contribution in [2.24, 2.45) is 0 Å². The summed E-state index contributed by atoms with van der Waals surface area (Å²) in [6.45, 7) is 0.798. The van der Waals surface area contributed by atoms with Gasteiger partial charge in [-0.25, -0.2) is 8.42 Å². The van der Waals surface area contributed by atoms with Crippen molar-refractivity contribution in [1.82, 2.24) is 19.4 Å². The molecule has 4 rings (SSSR count). The van der Waals surface area contributed by atoms with Crippen LogP contribution in [0.4, 0.5) is 0 Å². The molecule has 0 aliphatic carbocycles. The van der Waals surface area contributed by atoms with E-state index < -0.39 is 16.1 Å². The molecule has 0 aromatic carbocycles. The lowest BCUT2D eigenvalue weighted by Gasteiger charge is -2.30. The number of hydrogen-bond acceptors (Lipinski definition) is 8. The average Bonchev–Trinajstić information content (AvgIpc) is 3.40. The first kappa shape index (κ1) is 19.2. The predicted molar refractivity (Wildman–Crippen MR) is 103 cm³/mol. The van der Waals surface area contributed by atoms with Crippen molar-refractivity contribution in [3.05, 3.63) is 64.2 Å². The van der Waals surface area contributed by atoms with E-state index in [-0.39, 0.29) is 12.3 Å². The molecule has 1 saturated heterocycles. The van der Waals surface area contributed by atoms with Crippen LogP contribution in [0.5, 0.6) is 0 Å². The summed E-state index contributed by atoms with van der Waals surface area (Å²) in [6.07, 6.45) is 3.81. The normalized spacial score (nSPS) is 18.4. The van der Waals surface area contributed by atoms with Crippen molar-refractivity contribution >= 4 is 21.4 Å². The highest BCUT2D eigenvalue weighted by Gasteiger charge is 2.33. The Labute approximate surface area is 167 Å².